The largest absolute Gasteiger partial charge is 0.390 e. The maximum absolute atomic E-state index is 14.8. The van der Waals surface area contributed by atoms with Crippen LogP contribution in [-0.2, 0) is 13.8 Å². The molecule has 1 aromatic rings. The molecule has 0 heterocycles. The van der Waals surface area contributed by atoms with Gasteiger partial charge in [0.2, 0.25) is 0 Å². The summed E-state index contributed by atoms with van der Waals surface area (Å²) in [6.45, 7) is 1.23. The summed E-state index contributed by atoms with van der Waals surface area (Å²) in [6, 6.07) is 6.44. The van der Waals surface area contributed by atoms with Gasteiger partial charge in [-0.25, -0.2) is 4.39 Å². The first-order valence-electron chi connectivity index (χ1n) is 6.59. The molecule has 0 saturated carbocycles. The van der Waals surface area contributed by atoms with Gasteiger partial charge in [0.1, 0.15) is 5.25 Å². The minimum Gasteiger partial charge on any atom is -0.390 e. The van der Waals surface area contributed by atoms with Crippen molar-refractivity contribution in [2.45, 2.75) is 24.3 Å². The molecule has 0 amide bonds. The Bertz CT molecular complexity index is 627. The number of halogens is 2. The van der Waals surface area contributed by atoms with Crippen molar-refractivity contribution in [3.63, 3.8) is 0 Å². The third kappa shape index (κ3) is 3.99. The van der Waals surface area contributed by atoms with Crippen LogP contribution >= 0.6 is 23.6 Å². The minimum absolute atomic E-state index is 0.0347. The summed E-state index contributed by atoms with van der Waals surface area (Å²) in [5, 5.41) is -0.454. The Morgan fingerprint density at radius 2 is 2.00 bits per heavy atom. The fourth-order valence-electron chi connectivity index (χ4n) is 2.00. The van der Waals surface area contributed by atoms with Crippen LogP contribution in [0.5, 0.6) is 0 Å². The van der Waals surface area contributed by atoms with Crippen molar-refractivity contribution in [1.82, 2.24) is 0 Å². The number of ketones is 1. The van der Waals surface area contributed by atoms with E-state index in [2.05, 4.69) is 0 Å². The third-order valence-corrected chi connectivity index (χ3v) is 4.37. The van der Waals surface area contributed by atoms with Gasteiger partial charge in [0, 0.05) is 18.4 Å². The van der Waals surface area contributed by atoms with Crippen molar-refractivity contribution in [3.05, 3.63) is 59.2 Å². The van der Waals surface area contributed by atoms with Gasteiger partial charge in [-0.05, 0) is 23.8 Å². The Hall–Kier alpha value is -1.59. The van der Waals surface area contributed by atoms with Crippen LogP contribution in [0.15, 0.2) is 48.6 Å². The Morgan fingerprint density at radius 3 is 2.55 bits per heavy atom. The fourth-order valence-corrected chi connectivity index (χ4v) is 2.91. The van der Waals surface area contributed by atoms with Gasteiger partial charge in [-0.1, -0.05) is 42.0 Å². The number of benzene rings is 1. The first kappa shape index (κ1) is 16.8. The van der Waals surface area contributed by atoms with E-state index in [9.17, 15) is 14.0 Å². The lowest BCUT2D eigenvalue weighted by atomic mass is 9.89. The van der Waals surface area contributed by atoms with Crippen molar-refractivity contribution in [2.24, 2.45) is 0 Å². The van der Waals surface area contributed by atoms with Crippen LogP contribution in [0.25, 0.3) is 0 Å². The molecular formula is C16H14ClFO3S. The SMILES string of the molecule is CC(=O)OSC(C(=O)C1(F)C=CC=CC1)c1ccc(Cl)cc1. The van der Waals surface area contributed by atoms with Gasteiger partial charge in [-0.15, -0.1) is 0 Å². The van der Waals surface area contributed by atoms with Crippen LogP contribution in [-0.4, -0.2) is 17.4 Å². The van der Waals surface area contributed by atoms with E-state index < -0.39 is 22.7 Å². The van der Waals surface area contributed by atoms with Gasteiger partial charge >= 0.3 is 5.97 Å². The number of carbonyl (C=O) groups excluding carboxylic acids is 2. The van der Waals surface area contributed by atoms with E-state index in [-0.39, 0.29) is 6.42 Å². The zero-order valence-corrected chi connectivity index (χ0v) is 13.4. The van der Waals surface area contributed by atoms with E-state index in [0.29, 0.717) is 22.6 Å². The molecule has 1 aromatic carbocycles. The van der Waals surface area contributed by atoms with E-state index in [1.807, 2.05) is 0 Å². The van der Waals surface area contributed by atoms with Gasteiger partial charge in [0.05, 0.1) is 12.0 Å². The highest BCUT2D eigenvalue weighted by Crippen LogP contribution is 2.38. The second-order valence-corrected chi connectivity index (χ2v) is 6.09. The smallest absolute Gasteiger partial charge is 0.314 e. The predicted molar refractivity (Wildman–Crippen MR) is 85.3 cm³/mol. The van der Waals surface area contributed by atoms with Gasteiger partial charge in [0.15, 0.2) is 11.5 Å². The maximum Gasteiger partial charge on any atom is 0.314 e. The van der Waals surface area contributed by atoms with Gasteiger partial charge in [-0.2, -0.15) is 0 Å². The Labute approximate surface area is 137 Å². The molecule has 6 heteroatoms. The maximum atomic E-state index is 14.8. The first-order valence-corrected chi connectivity index (χ1v) is 7.77. The number of hydrogen-bond acceptors (Lipinski definition) is 4. The summed E-state index contributed by atoms with van der Waals surface area (Å²) in [5.41, 5.74) is -1.58. The lowest BCUT2D eigenvalue weighted by molar-refractivity contribution is -0.130. The summed E-state index contributed by atoms with van der Waals surface area (Å²) < 4.78 is 19.7. The average molecular weight is 341 g/mol. The fraction of sp³-hybridized carbons (Fsp3) is 0.250. The Morgan fingerprint density at radius 1 is 1.32 bits per heavy atom. The zero-order valence-electron chi connectivity index (χ0n) is 11.8. The molecule has 1 aliphatic carbocycles. The first-order chi connectivity index (χ1) is 10.4. The summed E-state index contributed by atoms with van der Waals surface area (Å²) in [6.07, 6.45) is 5.96. The summed E-state index contributed by atoms with van der Waals surface area (Å²) in [5.74, 6) is -1.22. The van der Waals surface area contributed by atoms with Gasteiger partial charge < -0.3 is 4.18 Å². The molecule has 3 nitrogen and oxygen atoms in total. The minimum atomic E-state index is -2.10. The number of carbonyl (C=O) groups is 2. The molecule has 1 aliphatic rings. The summed E-state index contributed by atoms with van der Waals surface area (Å²) in [7, 11) is 0. The van der Waals surface area contributed by atoms with Crippen LogP contribution < -0.4 is 0 Å². The van der Waals surface area contributed by atoms with Crippen molar-refractivity contribution in [3.8, 4) is 0 Å². The molecule has 2 unspecified atom stereocenters. The van der Waals surface area contributed by atoms with Crippen molar-refractivity contribution < 1.29 is 18.2 Å². The molecule has 0 spiro atoms. The molecule has 0 aliphatic heterocycles. The zero-order chi connectivity index (χ0) is 16.2. The molecular weight excluding hydrogens is 327 g/mol. The monoisotopic (exact) mass is 340 g/mol. The van der Waals surface area contributed by atoms with Crippen molar-refractivity contribution in [1.29, 1.82) is 0 Å². The van der Waals surface area contributed by atoms with Crippen LogP contribution in [0.3, 0.4) is 0 Å². The standard InChI is InChI=1S/C16H14ClFO3S/c1-11(19)21-22-14(12-5-7-13(17)8-6-12)15(20)16(18)9-3-2-4-10-16/h2-9,14H,10H2,1H3. The Kier molecular flexibility index (Phi) is 5.42. The molecule has 2 atom stereocenters. The van der Waals surface area contributed by atoms with Crippen LogP contribution in [0.2, 0.25) is 5.02 Å². The highest BCUT2D eigenvalue weighted by atomic mass is 35.5. The molecule has 0 bridgehead atoms. The number of alkyl halides is 1. The van der Waals surface area contributed by atoms with Crippen molar-refractivity contribution >= 4 is 35.4 Å². The van der Waals surface area contributed by atoms with Crippen LogP contribution in [0.1, 0.15) is 24.2 Å². The highest BCUT2D eigenvalue weighted by molar-refractivity contribution is 7.96. The van der Waals surface area contributed by atoms with Crippen LogP contribution in [0, 0.1) is 0 Å². The predicted octanol–water partition coefficient (Wildman–Crippen LogP) is 4.39. The molecule has 0 fully saturated rings. The van der Waals surface area contributed by atoms with E-state index in [1.165, 1.54) is 19.1 Å². The number of allylic oxidation sites excluding steroid dienone is 4. The Balaban J connectivity index is 2.29. The second-order valence-electron chi connectivity index (χ2n) is 4.82. The van der Waals surface area contributed by atoms with Gasteiger partial charge in [-0.3, -0.25) is 9.59 Å². The quantitative estimate of drug-likeness (QED) is 0.746. The molecule has 116 valence electrons. The van der Waals surface area contributed by atoms with E-state index in [0.717, 1.165) is 0 Å². The van der Waals surface area contributed by atoms with E-state index in [4.69, 9.17) is 15.8 Å². The second kappa shape index (κ2) is 7.11. The van der Waals surface area contributed by atoms with Crippen LogP contribution in [0.4, 0.5) is 4.39 Å². The average Bonchev–Trinajstić information content (AvgIpc) is 2.49. The molecule has 2 rings (SSSR count). The van der Waals surface area contributed by atoms with Gasteiger partial charge in [0.25, 0.3) is 0 Å². The third-order valence-electron chi connectivity index (χ3n) is 3.10. The normalized spacial score (nSPS) is 21.4. The van der Waals surface area contributed by atoms with E-state index >= 15 is 0 Å². The highest BCUT2D eigenvalue weighted by Gasteiger charge is 2.42. The number of hydrogen-bond donors (Lipinski definition) is 0. The molecule has 22 heavy (non-hydrogen) atoms. The number of Topliss-reactive ketones (excluding diaryl/α,β-unsaturated/α-hetero) is 1. The molecule has 0 N–H and O–H groups in total. The lowest BCUT2D eigenvalue weighted by Gasteiger charge is -2.25. The summed E-state index contributed by atoms with van der Waals surface area (Å²) >= 11 is 6.48. The topological polar surface area (TPSA) is 43.4 Å². The molecule has 0 aromatic heterocycles. The van der Waals surface area contributed by atoms with E-state index in [1.54, 1.807) is 36.4 Å². The summed E-state index contributed by atoms with van der Waals surface area (Å²) in [4.78, 5) is 23.6. The number of rotatable bonds is 5. The molecule has 0 saturated heterocycles. The lowest BCUT2D eigenvalue weighted by Crippen LogP contribution is -2.35. The molecule has 0 radical (unpaired) electrons. The van der Waals surface area contributed by atoms with Crippen molar-refractivity contribution in [2.75, 3.05) is 0 Å².